The first-order valence-electron chi connectivity index (χ1n) is 6.66. The lowest BCUT2D eigenvalue weighted by Gasteiger charge is -2.18. The fraction of sp³-hybridized carbons (Fsp3) is 0.467. The van der Waals surface area contributed by atoms with Crippen LogP contribution in [0.15, 0.2) is 37.1 Å². The first-order chi connectivity index (χ1) is 9.71. The van der Waals surface area contributed by atoms with Crippen molar-refractivity contribution < 1.29 is 9.90 Å². The summed E-state index contributed by atoms with van der Waals surface area (Å²) in [5, 5.41) is 20.6. The molecule has 0 aliphatic heterocycles. The van der Waals surface area contributed by atoms with E-state index >= 15 is 0 Å². The molecule has 0 atom stereocenters. The summed E-state index contributed by atoms with van der Waals surface area (Å²) in [6.45, 7) is 8.78. The normalized spacial score (nSPS) is 10.5. The van der Waals surface area contributed by atoms with Gasteiger partial charge in [0.1, 0.15) is 11.6 Å². The zero-order valence-corrected chi connectivity index (χ0v) is 11.8. The van der Waals surface area contributed by atoms with Gasteiger partial charge in [0, 0.05) is 32.4 Å². The molecule has 0 aromatic heterocycles. The van der Waals surface area contributed by atoms with E-state index in [1.165, 1.54) is 11.1 Å². The molecule has 0 aromatic rings. The number of aliphatic hydroxyl groups excluding tert-OH is 1. The van der Waals surface area contributed by atoms with E-state index in [4.69, 9.17) is 10.4 Å². The van der Waals surface area contributed by atoms with Gasteiger partial charge >= 0.3 is 0 Å². The highest BCUT2D eigenvalue weighted by Gasteiger charge is 2.15. The van der Waals surface area contributed by atoms with Gasteiger partial charge in [-0.25, -0.2) is 0 Å². The molecule has 0 fully saturated rings. The number of hydrogen-bond donors (Lipinski definition) is 2. The van der Waals surface area contributed by atoms with E-state index in [0.29, 0.717) is 19.6 Å². The van der Waals surface area contributed by atoms with Crippen LogP contribution in [0.1, 0.15) is 19.3 Å². The molecular weight excluding hydrogens is 254 g/mol. The van der Waals surface area contributed by atoms with Crippen LogP contribution in [0.5, 0.6) is 0 Å². The van der Waals surface area contributed by atoms with E-state index in [1.807, 2.05) is 6.07 Å². The lowest BCUT2D eigenvalue weighted by Crippen LogP contribution is -2.32. The number of nitriles is 1. The summed E-state index contributed by atoms with van der Waals surface area (Å²) in [5.41, 5.74) is 0.0656. The summed E-state index contributed by atoms with van der Waals surface area (Å²) in [5.74, 6) is -0.338. The van der Waals surface area contributed by atoms with Gasteiger partial charge in [-0.2, -0.15) is 5.26 Å². The van der Waals surface area contributed by atoms with Crippen LogP contribution in [-0.2, 0) is 4.79 Å². The van der Waals surface area contributed by atoms with E-state index < -0.39 is 0 Å². The van der Waals surface area contributed by atoms with E-state index in [1.54, 1.807) is 12.2 Å². The van der Waals surface area contributed by atoms with Crippen LogP contribution in [0.25, 0.3) is 0 Å². The van der Waals surface area contributed by atoms with Crippen LogP contribution in [0.4, 0.5) is 0 Å². The van der Waals surface area contributed by atoms with Gasteiger partial charge in [-0.3, -0.25) is 4.79 Å². The topological polar surface area (TPSA) is 76.4 Å². The number of rotatable bonds is 11. The first kappa shape index (κ1) is 17.9. The fourth-order valence-corrected chi connectivity index (χ4v) is 1.55. The Labute approximate surface area is 120 Å². The van der Waals surface area contributed by atoms with Gasteiger partial charge in [0.2, 0.25) is 0 Å². The monoisotopic (exact) mass is 277 g/mol. The molecule has 0 radical (unpaired) electrons. The third-order valence-electron chi connectivity index (χ3n) is 2.56. The molecule has 0 aromatic carbocycles. The minimum absolute atomic E-state index is 0.0656. The molecule has 0 bridgehead atoms. The quantitative estimate of drug-likeness (QED) is 0.259. The zero-order chi connectivity index (χ0) is 15.2. The lowest BCUT2D eigenvalue weighted by molar-refractivity contribution is -0.125. The second-order valence-corrected chi connectivity index (χ2v) is 4.20. The van der Waals surface area contributed by atoms with Crippen LogP contribution in [0.2, 0.25) is 0 Å². The van der Waals surface area contributed by atoms with Gasteiger partial charge in [0.05, 0.1) is 0 Å². The Kier molecular flexibility index (Phi) is 10.8. The van der Waals surface area contributed by atoms with Crippen molar-refractivity contribution in [2.75, 3.05) is 26.2 Å². The highest BCUT2D eigenvalue weighted by molar-refractivity contribution is 5.97. The Morgan fingerprint density at radius 3 is 2.40 bits per heavy atom. The second kappa shape index (κ2) is 12.0. The Morgan fingerprint density at radius 1 is 1.25 bits per heavy atom. The van der Waals surface area contributed by atoms with Crippen molar-refractivity contribution in [3.05, 3.63) is 37.1 Å². The summed E-state index contributed by atoms with van der Waals surface area (Å²) < 4.78 is 0. The molecule has 5 heteroatoms. The average Bonchev–Trinajstić information content (AvgIpc) is 2.46. The number of nitrogens with zero attached hydrogens (tertiary/aromatic N) is 2. The molecule has 0 rings (SSSR count). The number of carbonyl (C=O) groups is 1. The number of nitrogens with one attached hydrogen (secondary N) is 1. The van der Waals surface area contributed by atoms with E-state index in [2.05, 4.69) is 18.5 Å². The molecule has 0 aliphatic rings. The van der Waals surface area contributed by atoms with Crippen molar-refractivity contribution in [2.24, 2.45) is 0 Å². The second-order valence-electron chi connectivity index (χ2n) is 4.20. The smallest absolute Gasteiger partial charge is 0.266 e. The van der Waals surface area contributed by atoms with Crippen molar-refractivity contribution in [1.29, 1.82) is 5.26 Å². The predicted molar refractivity (Wildman–Crippen MR) is 79.6 cm³/mol. The molecule has 0 aliphatic carbocycles. The number of carbonyl (C=O) groups excluding carboxylic acids is 1. The summed E-state index contributed by atoms with van der Waals surface area (Å²) in [4.78, 5) is 13.6. The maximum absolute atomic E-state index is 12.1. The molecule has 0 heterocycles. The van der Waals surface area contributed by atoms with Crippen molar-refractivity contribution >= 4 is 5.91 Å². The molecule has 0 unspecified atom stereocenters. The Balaban J connectivity index is 4.40. The van der Waals surface area contributed by atoms with Crippen molar-refractivity contribution in [3.8, 4) is 6.07 Å². The van der Waals surface area contributed by atoms with Gasteiger partial charge in [-0.05, 0) is 19.3 Å². The Hall–Kier alpha value is -2.06. The SMILES string of the molecule is C=CCN(CC=C)C(=O)/C(C#N)=C\NCCCCCO. The van der Waals surface area contributed by atoms with Crippen LogP contribution in [-0.4, -0.2) is 42.2 Å². The minimum Gasteiger partial charge on any atom is -0.396 e. The molecule has 0 spiro atoms. The molecule has 5 nitrogen and oxygen atoms in total. The van der Waals surface area contributed by atoms with E-state index in [9.17, 15) is 4.79 Å². The Morgan fingerprint density at radius 2 is 1.90 bits per heavy atom. The molecule has 2 N–H and O–H groups in total. The highest BCUT2D eigenvalue weighted by Crippen LogP contribution is 2.01. The number of unbranched alkanes of at least 4 members (excludes halogenated alkanes) is 2. The molecule has 20 heavy (non-hydrogen) atoms. The largest absolute Gasteiger partial charge is 0.396 e. The molecule has 0 saturated heterocycles. The molecule has 1 amide bonds. The van der Waals surface area contributed by atoms with Crippen LogP contribution in [0.3, 0.4) is 0 Å². The Bertz CT molecular complexity index is 373. The summed E-state index contributed by atoms with van der Waals surface area (Å²) in [7, 11) is 0. The van der Waals surface area contributed by atoms with Gasteiger partial charge in [-0.15, -0.1) is 13.2 Å². The van der Waals surface area contributed by atoms with Gasteiger partial charge in [-0.1, -0.05) is 12.2 Å². The lowest BCUT2D eigenvalue weighted by atomic mass is 10.2. The molecular formula is C15H23N3O2. The summed E-state index contributed by atoms with van der Waals surface area (Å²) in [6.07, 6.45) is 7.22. The first-order valence-corrected chi connectivity index (χ1v) is 6.66. The van der Waals surface area contributed by atoms with E-state index in [-0.39, 0.29) is 18.1 Å². The third-order valence-corrected chi connectivity index (χ3v) is 2.56. The minimum atomic E-state index is -0.338. The number of aliphatic hydroxyl groups is 1. The van der Waals surface area contributed by atoms with Crippen molar-refractivity contribution in [2.45, 2.75) is 19.3 Å². The highest BCUT2D eigenvalue weighted by atomic mass is 16.2. The summed E-state index contributed by atoms with van der Waals surface area (Å²) >= 11 is 0. The van der Waals surface area contributed by atoms with Crippen molar-refractivity contribution in [3.63, 3.8) is 0 Å². The van der Waals surface area contributed by atoms with Gasteiger partial charge < -0.3 is 15.3 Å². The molecule has 110 valence electrons. The van der Waals surface area contributed by atoms with E-state index in [0.717, 1.165) is 19.3 Å². The molecule has 0 saturated carbocycles. The fourth-order valence-electron chi connectivity index (χ4n) is 1.55. The number of amides is 1. The van der Waals surface area contributed by atoms with Crippen LogP contribution < -0.4 is 5.32 Å². The zero-order valence-electron chi connectivity index (χ0n) is 11.8. The van der Waals surface area contributed by atoms with Crippen LogP contribution in [0, 0.1) is 11.3 Å². The predicted octanol–water partition coefficient (Wildman–Crippen LogP) is 1.35. The van der Waals surface area contributed by atoms with Gasteiger partial charge in [0.15, 0.2) is 0 Å². The third kappa shape index (κ3) is 7.39. The standard InChI is InChI=1S/C15H23N3O2/c1-3-9-18(10-4-2)15(20)14(12-16)13-17-8-6-5-7-11-19/h3-4,13,17,19H,1-2,5-11H2/b14-13-. The summed E-state index contributed by atoms with van der Waals surface area (Å²) in [6, 6.07) is 1.90. The number of hydrogen-bond acceptors (Lipinski definition) is 4. The van der Waals surface area contributed by atoms with Crippen LogP contribution >= 0.6 is 0 Å². The maximum atomic E-state index is 12.1. The van der Waals surface area contributed by atoms with Crippen molar-refractivity contribution in [1.82, 2.24) is 10.2 Å². The maximum Gasteiger partial charge on any atom is 0.266 e. The average molecular weight is 277 g/mol. The van der Waals surface area contributed by atoms with Gasteiger partial charge in [0.25, 0.3) is 5.91 Å².